The molecule has 1 aliphatic rings. The molecule has 0 saturated heterocycles. The van der Waals surface area contributed by atoms with Crippen molar-refractivity contribution >= 4 is 11.8 Å². The predicted molar refractivity (Wildman–Crippen MR) is 113 cm³/mol. The number of aromatic nitrogens is 3. The molecule has 29 heavy (non-hydrogen) atoms. The van der Waals surface area contributed by atoms with Crippen molar-refractivity contribution in [2.45, 2.75) is 63.6 Å². The highest BCUT2D eigenvalue weighted by Gasteiger charge is 2.23. The van der Waals surface area contributed by atoms with E-state index in [-0.39, 0.29) is 12.0 Å². The molecule has 3 heterocycles. The molecular formula is C22H27N3O3S. The SMILES string of the molecule is CCOc1cc2c(cc1CSc1nnc(C(C)C)n1Cc1ccco1)OC(C)C2. The number of nitrogens with zero attached hydrogens (tertiary/aromatic N) is 3. The average Bonchev–Trinajstić information content (AvgIpc) is 3.40. The first kappa shape index (κ1) is 19.9. The third-order valence-corrected chi connectivity index (χ3v) is 5.91. The van der Waals surface area contributed by atoms with E-state index in [4.69, 9.17) is 13.9 Å². The molecule has 3 aromatic rings. The van der Waals surface area contributed by atoms with Crippen LogP contribution in [0.4, 0.5) is 0 Å². The molecule has 0 fully saturated rings. The third-order valence-electron chi connectivity index (χ3n) is 4.89. The molecule has 2 aromatic heterocycles. The summed E-state index contributed by atoms with van der Waals surface area (Å²) in [4.78, 5) is 0. The van der Waals surface area contributed by atoms with Crippen LogP contribution in [0.3, 0.4) is 0 Å². The molecule has 0 amide bonds. The fourth-order valence-electron chi connectivity index (χ4n) is 3.57. The third kappa shape index (κ3) is 4.29. The zero-order valence-corrected chi connectivity index (χ0v) is 18.2. The second-order valence-corrected chi connectivity index (χ2v) is 8.53. The summed E-state index contributed by atoms with van der Waals surface area (Å²) < 4.78 is 19.6. The van der Waals surface area contributed by atoms with Crippen molar-refractivity contribution in [3.63, 3.8) is 0 Å². The molecule has 0 N–H and O–H groups in total. The molecule has 7 heteroatoms. The maximum absolute atomic E-state index is 5.95. The van der Waals surface area contributed by atoms with E-state index >= 15 is 0 Å². The summed E-state index contributed by atoms with van der Waals surface area (Å²) in [7, 11) is 0. The zero-order chi connectivity index (χ0) is 20.4. The highest BCUT2D eigenvalue weighted by atomic mass is 32.2. The van der Waals surface area contributed by atoms with Crippen molar-refractivity contribution in [2.75, 3.05) is 6.61 Å². The van der Waals surface area contributed by atoms with Gasteiger partial charge in [-0.2, -0.15) is 0 Å². The van der Waals surface area contributed by atoms with Crippen LogP contribution in [0.15, 0.2) is 40.1 Å². The van der Waals surface area contributed by atoms with Crippen molar-refractivity contribution in [1.29, 1.82) is 0 Å². The first-order valence-corrected chi connectivity index (χ1v) is 11.1. The number of furan rings is 1. The molecule has 6 nitrogen and oxygen atoms in total. The van der Waals surface area contributed by atoms with Crippen molar-refractivity contribution in [1.82, 2.24) is 14.8 Å². The molecule has 4 rings (SSSR count). The summed E-state index contributed by atoms with van der Waals surface area (Å²) in [5.41, 5.74) is 2.33. The molecule has 0 bridgehead atoms. The van der Waals surface area contributed by atoms with Gasteiger partial charge in [0, 0.05) is 29.2 Å². The lowest BCUT2D eigenvalue weighted by molar-refractivity contribution is 0.254. The Bertz CT molecular complexity index is 966. The van der Waals surface area contributed by atoms with Gasteiger partial charge in [0.2, 0.25) is 0 Å². The van der Waals surface area contributed by atoms with E-state index in [1.165, 1.54) is 5.56 Å². The Kier molecular flexibility index (Phi) is 5.85. The second-order valence-electron chi connectivity index (χ2n) is 7.58. The molecule has 1 aliphatic heterocycles. The van der Waals surface area contributed by atoms with Crippen molar-refractivity contribution in [3.8, 4) is 11.5 Å². The predicted octanol–water partition coefficient (Wildman–Crippen LogP) is 5.06. The quantitative estimate of drug-likeness (QED) is 0.481. The highest BCUT2D eigenvalue weighted by molar-refractivity contribution is 7.98. The Morgan fingerprint density at radius 1 is 1.31 bits per heavy atom. The molecule has 0 saturated carbocycles. The Morgan fingerprint density at radius 3 is 2.90 bits per heavy atom. The van der Waals surface area contributed by atoms with Crippen LogP contribution in [-0.2, 0) is 18.7 Å². The molecule has 0 radical (unpaired) electrons. The van der Waals surface area contributed by atoms with Gasteiger partial charge in [-0.3, -0.25) is 4.57 Å². The van der Waals surface area contributed by atoms with Crippen LogP contribution in [0, 0.1) is 0 Å². The summed E-state index contributed by atoms with van der Waals surface area (Å²) in [6, 6.07) is 8.13. The largest absolute Gasteiger partial charge is 0.494 e. The Morgan fingerprint density at radius 2 is 2.17 bits per heavy atom. The van der Waals surface area contributed by atoms with Crippen LogP contribution in [0.5, 0.6) is 11.5 Å². The van der Waals surface area contributed by atoms with Crippen molar-refractivity contribution in [3.05, 3.63) is 53.2 Å². The van der Waals surface area contributed by atoms with Crippen LogP contribution in [0.25, 0.3) is 0 Å². The number of hydrogen-bond donors (Lipinski definition) is 0. The van der Waals surface area contributed by atoms with Gasteiger partial charge in [-0.05, 0) is 38.1 Å². The fraction of sp³-hybridized carbons (Fsp3) is 0.455. The molecule has 1 atom stereocenters. The normalized spacial score (nSPS) is 15.6. The van der Waals surface area contributed by atoms with Crippen LogP contribution in [-0.4, -0.2) is 27.5 Å². The maximum Gasteiger partial charge on any atom is 0.191 e. The van der Waals surface area contributed by atoms with Crippen molar-refractivity contribution < 1.29 is 13.9 Å². The molecule has 1 unspecified atom stereocenters. The average molecular weight is 414 g/mol. The molecular weight excluding hydrogens is 386 g/mol. The van der Waals surface area contributed by atoms with Gasteiger partial charge in [-0.25, -0.2) is 0 Å². The number of ether oxygens (including phenoxy) is 2. The van der Waals surface area contributed by atoms with Crippen LogP contribution >= 0.6 is 11.8 Å². The lowest BCUT2D eigenvalue weighted by atomic mass is 10.1. The van der Waals surface area contributed by atoms with Gasteiger partial charge in [-0.15, -0.1) is 10.2 Å². The molecule has 154 valence electrons. The monoisotopic (exact) mass is 413 g/mol. The number of thioether (sulfide) groups is 1. The van der Waals surface area contributed by atoms with E-state index in [9.17, 15) is 0 Å². The van der Waals surface area contributed by atoms with Crippen LogP contribution in [0.2, 0.25) is 0 Å². The lowest BCUT2D eigenvalue weighted by Gasteiger charge is -2.13. The Labute approximate surface area is 175 Å². The Balaban J connectivity index is 1.58. The summed E-state index contributed by atoms with van der Waals surface area (Å²) >= 11 is 1.66. The first-order chi connectivity index (χ1) is 14.0. The van der Waals surface area contributed by atoms with Gasteiger partial charge in [0.1, 0.15) is 29.2 Å². The van der Waals surface area contributed by atoms with E-state index in [0.717, 1.165) is 46.0 Å². The topological polar surface area (TPSA) is 62.3 Å². The summed E-state index contributed by atoms with van der Waals surface area (Å²) in [5, 5.41) is 9.76. The van der Waals surface area contributed by atoms with E-state index in [1.807, 2.05) is 19.1 Å². The van der Waals surface area contributed by atoms with Crippen molar-refractivity contribution in [2.24, 2.45) is 0 Å². The highest BCUT2D eigenvalue weighted by Crippen LogP contribution is 2.37. The summed E-state index contributed by atoms with van der Waals surface area (Å²) in [6.45, 7) is 9.63. The first-order valence-electron chi connectivity index (χ1n) is 10.1. The van der Waals surface area contributed by atoms with Gasteiger partial charge in [0.05, 0.1) is 19.4 Å². The van der Waals surface area contributed by atoms with Gasteiger partial charge in [0.25, 0.3) is 0 Å². The lowest BCUT2D eigenvalue weighted by Crippen LogP contribution is -2.07. The molecule has 0 aliphatic carbocycles. The zero-order valence-electron chi connectivity index (χ0n) is 17.3. The van der Waals surface area contributed by atoms with Crippen LogP contribution < -0.4 is 9.47 Å². The number of benzene rings is 1. The number of hydrogen-bond acceptors (Lipinski definition) is 6. The smallest absolute Gasteiger partial charge is 0.191 e. The van der Waals surface area contributed by atoms with Gasteiger partial charge < -0.3 is 13.9 Å². The van der Waals surface area contributed by atoms with Gasteiger partial charge in [-0.1, -0.05) is 25.6 Å². The van der Waals surface area contributed by atoms with Gasteiger partial charge >= 0.3 is 0 Å². The standard InChI is InChI=1S/C22H27N3O3S/c1-5-26-19-10-16-9-15(4)28-20(16)11-17(19)13-29-22-24-23-21(14(2)3)25(22)12-18-7-6-8-27-18/h6-8,10-11,14-15H,5,9,12-13H2,1-4H3. The fourth-order valence-corrected chi connectivity index (χ4v) is 4.49. The van der Waals surface area contributed by atoms with E-state index in [1.54, 1.807) is 18.0 Å². The minimum absolute atomic E-state index is 0.215. The Hall–Kier alpha value is -2.41. The van der Waals surface area contributed by atoms with Crippen LogP contribution in [0.1, 0.15) is 56.3 Å². The minimum atomic E-state index is 0.215. The summed E-state index contributed by atoms with van der Waals surface area (Å²) in [6.07, 6.45) is 2.84. The summed E-state index contributed by atoms with van der Waals surface area (Å²) in [5.74, 6) is 4.76. The maximum atomic E-state index is 5.95. The van der Waals surface area contributed by atoms with E-state index < -0.39 is 0 Å². The second kappa shape index (κ2) is 8.53. The van der Waals surface area contributed by atoms with E-state index in [0.29, 0.717) is 13.2 Å². The molecule has 1 aromatic carbocycles. The number of fused-ring (bicyclic) bond motifs is 1. The minimum Gasteiger partial charge on any atom is -0.494 e. The van der Waals surface area contributed by atoms with E-state index in [2.05, 4.69) is 47.7 Å². The number of rotatable bonds is 8. The van der Waals surface area contributed by atoms with Gasteiger partial charge in [0.15, 0.2) is 5.16 Å². The molecule has 0 spiro atoms.